The van der Waals surface area contributed by atoms with Gasteiger partial charge in [0, 0.05) is 24.1 Å². The first kappa shape index (κ1) is 24.2. The summed E-state index contributed by atoms with van der Waals surface area (Å²) in [6.07, 6.45) is 2.11. The Hall–Kier alpha value is -3.93. The molecule has 0 spiro atoms. The van der Waals surface area contributed by atoms with Crippen LogP contribution in [0, 0.1) is 11.3 Å². The summed E-state index contributed by atoms with van der Waals surface area (Å²) in [4.78, 5) is 43.3. The van der Waals surface area contributed by atoms with E-state index in [4.69, 9.17) is 16.2 Å². The van der Waals surface area contributed by atoms with Crippen LogP contribution < -0.4 is 11.5 Å². The second kappa shape index (κ2) is 9.02. The molecule has 35 heavy (non-hydrogen) atoms. The number of amides is 2. The fourth-order valence-corrected chi connectivity index (χ4v) is 4.41. The first-order chi connectivity index (χ1) is 16.5. The zero-order valence-corrected chi connectivity index (χ0v) is 20.1. The molecule has 0 unspecified atom stereocenters. The molecular weight excluding hydrogens is 446 g/mol. The van der Waals surface area contributed by atoms with Crippen LogP contribution in [-0.2, 0) is 20.9 Å². The highest BCUT2D eigenvalue weighted by molar-refractivity contribution is 6.01. The second-order valence-electron chi connectivity index (χ2n) is 10.1. The maximum absolute atomic E-state index is 13.1. The lowest BCUT2D eigenvalue weighted by Gasteiger charge is -2.25. The summed E-state index contributed by atoms with van der Waals surface area (Å²) >= 11 is 0. The van der Waals surface area contributed by atoms with E-state index in [1.54, 1.807) is 45.0 Å². The van der Waals surface area contributed by atoms with Crippen molar-refractivity contribution in [2.24, 2.45) is 5.73 Å². The molecule has 4 N–H and O–H groups in total. The van der Waals surface area contributed by atoms with Gasteiger partial charge in [-0.25, -0.2) is 4.98 Å². The number of nitrogen functional groups attached to an aromatic ring is 1. The van der Waals surface area contributed by atoms with Crippen molar-refractivity contribution < 1.29 is 19.1 Å². The Morgan fingerprint density at radius 2 is 2.00 bits per heavy atom. The highest BCUT2D eigenvalue weighted by Crippen LogP contribution is 2.43. The average Bonchev–Trinajstić information content (AvgIpc) is 3.56. The van der Waals surface area contributed by atoms with Gasteiger partial charge in [-0.1, -0.05) is 6.07 Å². The molecule has 1 aliphatic heterocycles. The molecule has 1 aliphatic carbocycles. The lowest BCUT2D eigenvalue weighted by Crippen LogP contribution is -2.45. The van der Waals surface area contributed by atoms with Gasteiger partial charge in [0.25, 0.3) is 5.91 Å². The molecule has 1 aromatic heterocycles. The average molecular weight is 476 g/mol. The summed E-state index contributed by atoms with van der Waals surface area (Å²) in [7, 11) is 0. The number of carbonyl (C=O) groups is 3. The van der Waals surface area contributed by atoms with Gasteiger partial charge < -0.3 is 21.1 Å². The number of nitrogens with zero attached hydrogens (tertiary/aromatic N) is 3. The lowest BCUT2D eigenvalue weighted by atomic mass is 9.99. The van der Waals surface area contributed by atoms with Crippen LogP contribution in [-0.4, -0.2) is 39.3 Å². The molecule has 4 rings (SSSR count). The van der Waals surface area contributed by atoms with Crippen LogP contribution in [0.2, 0.25) is 0 Å². The van der Waals surface area contributed by atoms with Crippen LogP contribution in [0.15, 0.2) is 24.3 Å². The standard InChI is InChI=1S/C26H29N5O4/c1-26(2,3)35-21(32)9-8-20(24(29)33)31-13-17-10-15(6-7-18(17)25(31)34)22-16(12-27)11-19(14-4-5-14)23(28)30-22/h6-7,10-11,14,20H,4-5,8-9,13H2,1-3H3,(H2,28,30)(H2,29,33)/t20-/m0/s1. The molecule has 2 amide bonds. The second-order valence-corrected chi connectivity index (χ2v) is 10.1. The molecule has 1 fully saturated rings. The number of ether oxygens (including phenoxy) is 1. The maximum Gasteiger partial charge on any atom is 0.306 e. The van der Waals surface area contributed by atoms with Gasteiger partial charge in [0.05, 0.1) is 11.3 Å². The smallest absolute Gasteiger partial charge is 0.306 e. The third-order valence-corrected chi connectivity index (χ3v) is 6.18. The molecule has 2 aliphatic rings. The number of fused-ring (bicyclic) bond motifs is 1. The molecule has 9 nitrogen and oxygen atoms in total. The van der Waals surface area contributed by atoms with Crippen molar-refractivity contribution in [3.05, 3.63) is 46.5 Å². The van der Waals surface area contributed by atoms with E-state index in [0.29, 0.717) is 39.7 Å². The predicted octanol–water partition coefficient (Wildman–Crippen LogP) is 3.01. The van der Waals surface area contributed by atoms with Crippen LogP contribution in [0.25, 0.3) is 11.3 Å². The molecule has 2 aromatic rings. The van der Waals surface area contributed by atoms with Crippen LogP contribution in [0.3, 0.4) is 0 Å². The molecule has 1 atom stereocenters. The van der Waals surface area contributed by atoms with Crippen LogP contribution in [0.5, 0.6) is 0 Å². The van der Waals surface area contributed by atoms with Crippen molar-refractivity contribution in [1.29, 1.82) is 5.26 Å². The number of aromatic nitrogens is 1. The Balaban J connectivity index is 1.57. The van der Waals surface area contributed by atoms with Crippen molar-refractivity contribution in [3.8, 4) is 17.3 Å². The van der Waals surface area contributed by atoms with Crippen molar-refractivity contribution in [2.75, 3.05) is 5.73 Å². The monoisotopic (exact) mass is 475 g/mol. The SMILES string of the molecule is CC(C)(C)OC(=O)CC[C@@H](C(N)=O)N1Cc2cc(-c3nc(N)c(C4CC4)cc3C#N)ccc2C1=O. The molecule has 0 radical (unpaired) electrons. The fourth-order valence-electron chi connectivity index (χ4n) is 4.41. The first-order valence-electron chi connectivity index (χ1n) is 11.6. The van der Waals surface area contributed by atoms with Gasteiger partial charge in [-0.2, -0.15) is 5.26 Å². The number of nitriles is 1. The number of rotatable bonds is 7. The predicted molar refractivity (Wildman–Crippen MR) is 129 cm³/mol. The molecule has 0 saturated heterocycles. The van der Waals surface area contributed by atoms with Gasteiger partial charge in [-0.05, 0) is 75.3 Å². The number of pyridine rings is 1. The number of hydrogen-bond donors (Lipinski definition) is 2. The van der Waals surface area contributed by atoms with Gasteiger partial charge in [0.2, 0.25) is 5.91 Å². The topological polar surface area (TPSA) is 152 Å². The zero-order valence-electron chi connectivity index (χ0n) is 20.1. The molecule has 2 heterocycles. The Morgan fingerprint density at radius 1 is 1.29 bits per heavy atom. The number of benzene rings is 1. The summed E-state index contributed by atoms with van der Waals surface area (Å²) < 4.78 is 5.30. The van der Waals surface area contributed by atoms with Gasteiger partial charge in [0.1, 0.15) is 23.5 Å². The largest absolute Gasteiger partial charge is 0.460 e. The van der Waals surface area contributed by atoms with Crippen molar-refractivity contribution in [2.45, 2.75) is 70.6 Å². The van der Waals surface area contributed by atoms with E-state index in [9.17, 15) is 19.6 Å². The minimum Gasteiger partial charge on any atom is -0.460 e. The first-order valence-corrected chi connectivity index (χ1v) is 11.6. The molecule has 182 valence electrons. The van der Waals surface area contributed by atoms with E-state index in [0.717, 1.165) is 18.4 Å². The fraction of sp³-hybridized carbons (Fsp3) is 0.423. The summed E-state index contributed by atoms with van der Waals surface area (Å²) in [5, 5.41) is 9.70. The van der Waals surface area contributed by atoms with E-state index >= 15 is 0 Å². The normalized spacial score (nSPS) is 15.9. The number of primary amides is 1. The summed E-state index contributed by atoms with van der Waals surface area (Å²) in [6.45, 7) is 5.43. The lowest BCUT2D eigenvalue weighted by molar-refractivity contribution is -0.155. The third kappa shape index (κ3) is 5.11. The number of carbonyl (C=O) groups excluding carboxylic acids is 3. The van der Waals surface area contributed by atoms with Crippen molar-refractivity contribution in [1.82, 2.24) is 9.88 Å². The number of hydrogen-bond acceptors (Lipinski definition) is 7. The van der Waals surface area contributed by atoms with Crippen LogP contribution >= 0.6 is 0 Å². The highest BCUT2D eigenvalue weighted by atomic mass is 16.6. The number of anilines is 1. The van der Waals surface area contributed by atoms with E-state index in [2.05, 4.69) is 11.1 Å². The quantitative estimate of drug-likeness (QED) is 0.584. The Labute approximate surface area is 204 Å². The third-order valence-electron chi connectivity index (χ3n) is 6.18. The molecule has 1 aromatic carbocycles. The minimum atomic E-state index is -0.952. The zero-order chi connectivity index (χ0) is 25.5. The van der Waals surface area contributed by atoms with Gasteiger partial charge in [-0.3, -0.25) is 14.4 Å². The van der Waals surface area contributed by atoms with Crippen LogP contribution in [0.1, 0.15) is 79.4 Å². The maximum atomic E-state index is 13.1. The molecule has 0 bridgehead atoms. The molecule has 9 heteroatoms. The molecule has 1 saturated carbocycles. The van der Waals surface area contributed by atoms with Crippen LogP contribution in [0.4, 0.5) is 5.82 Å². The van der Waals surface area contributed by atoms with E-state index in [1.165, 1.54) is 4.90 Å². The summed E-state index contributed by atoms with van der Waals surface area (Å²) in [5.74, 6) is -0.710. The van der Waals surface area contributed by atoms with Crippen molar-refractivity contribution >= 4 is 23.6 Å². The summed E-state index contributed by atoms with van der Waals surface area (Å²) in [5.41, 5.74) is 14.7. The summed E-state index contributed by atoms with van der Waals surface area (Å²) in [6, 6.07) is 8.23. The van der Waals surface area contributed by atoms with Gasteiger partial charge in [-0.15, -0.1) is 0 Å². The number of esters is 1. The Bertz CT molecular complexity index is 1250. The molecular formula is C26H29N5O4. The highest BCUT2D eigenvalue weighted by Gasteiger charge is 2.36. The van der Waals surface area contributed by atoms with Gasteiger partial charge >= 0.3 is 5.97 Å². The van der Waals surface area contributed by atoms with E-state index in [-0.39, 0.29) is 25.3 Å². The Morgan fingerprint density at radius 3 is 2.60 bits per heavy atom. The minimum absolute atomic E-state index is 0.0433. The van der Waals surface area contributed by atoms with E-state index in [1.807, 2.05) is 0 Å². The number of nitrogens with two attached hydrogens (primary N) is 2. The van der Waals surface area contributed by atoms with Gasteiger partial charge in [0.15, 0.2) is 0 Å². The Kier molecular flexibility index (Phi) is 6.24. The van der Waals surface area contributed by atoms with Crippen molar-refractivity contribution in [3.63, 3.8) is 0 Å². The van der Waals surface area contributed by atoms with E-state index < -0.39 is 23.5 Å².